The molecule has 2 nitrogen and oxygen atoms in total. The van der Waals surface area contributed by atoms with Crippen LogP contribution in [0.2, 0.25) is 0 Å². The van der Waals surface area contributed by atoms with Crippen molar-refractivity contribution in [3.63, 3.8) is 0 Å². The van der Waals surface area contributed by atoms with Crippen LogP contribution in [0.15, 0.2) is 23.8 Å². The van der Waals surface area contributed by atoms with E-state index in [0.29, 0.717) is 29.6 Å². The van der Waals surface area contributed by atoms with Gasteiger partial charge in [0.1, 0.15) is 6.61 Å². The van der Waals surface area contributed by atoms with E-state index in [1.807, 2.05) is 0 Å². The Kier molecular flexibility index (Phi) is 4.03. The number of allylic oxidation sites excluding steroid dienone is 4. The van der Waals surface area contributed by atoms with Crippen molar-refractivity contribution in [1.29, 1.82) is 0 Å². The number of carbonyl (C=O) groups is 1. The third-order valence-corrected chi connectivity index (χ3v) is 8.25. The number of carbonyl (C=O) groups excluding carboxylic acids is 1. The summed E-state index contributed by atoms with van der Waals surface area (Å²) in [5.74, 6) is 2.68. The summed E-state index contributed by atoms with van der Waals surface area (Å²) in [6.45, 7) is 5.22. The molecule has 0 aromatic heterocycles. The maximum atomic E-state index is 12.6. The van der Waals surface area contributed by atoms with Gasteiger partial charge in [0.15, 0.2) is 5.78 Å². The van der Waals surface area contributed by atoms with Crippen molar-refractivity contribution in [3.8, 4) is 0 Å². The lowest BCUT2D eigenvalue weighted by molar-refractivity contribution is -0.132. The SMILES string of the molecule is COCC(=O)[C@H]1CC[C@H]2[C@@H]3C=CC4=CCCC[C@]4(C)[C@H]3CC[C@]12C. The van der Waals surface area contributed by atoms with Crippen molar-refractivity contribution < 1.29 is 9.53 Å². The van der Waals surface area contributed by atoms with Crippen molar-refractivity contribution >= 4 is 5.78 Å². The van der Waals surface area contributed by atoms with Gasteiger partial charge in [0.05, 0.1) is 0 Å². The van der Waals surface area contributed by atoms with Gasteiger partial charge in [0.25, 0.3) is 0 Å². The van der Waals surface area contributed by atoms with Gasteiger partial charge in [-0.25, -0.2) is 0 Å². The summed E-state index contributed by atoms with van der Waals surface area (Å²) >= 11 is 0. The van der Waals surface area contributed by atoms with E-state index in [9.17, 15) is 4.79 Å². The molecule has 2 heteroatoms. The van der Waals surface area contributed by atoms with Crippen molar-refractivity contribution in [2.75, 3.05) is 13.7 Å². The van der Waals surface area contributed by atoms with E-state index in [2.05, 4.69) is 32.1 Å². The lowest BCUT2D eigenvalue weighted by atomic mass is 9.48. The first-order valence-corrected chi connectivity index (χ1v) is 9.91. The molecule has 0 radical (unpaired) electrons. The molecule has 4 aliphatic rings. The van der Waals surface area contributed by atoms with Crippen LogP contribution in [-0.4, -0.2) is 19.5 Å². The van der Waals surface area contributed by atoms with E-state index >= 15 is 0 Å². The molecular weight excluding hydrogens is 296 g/mol. The topological polar surface area (TPSA) is 26.3 Å². The van der Waals surface area contributed by atoms with Crippen LogP contribution in [0.25, 0.3) is 0 Å². The molecule has 2 saturated carbocycles. The highest BCUT2D eigenvalue weighted by Crippen LogP contribution is 2.65. The molecule has 6 atom stereocenters. The highest BCUT2D eigenvalue weighted by Gasteiger charge is 2.58. The number of rotatable bonds is 3. The smallest absolute Gasteiger partial charge is 0.162 e. The predicted molar refractivity (Wildman–Crippen MR) is 96.6 cm³/mol. The normalized spacial score (nSPS) is 46.7. The van der Waals surface area contributed by atoms with Crippen LogP contribution in [0.1, 0.15) is 58.8 Å². The highest BCUT2D eigenvalue weighted by molar-refractivity contribution is 5.83. The molecule has 0 amide bonds. The third kappa shape index (κ3) is 2.21. The van der Waals surface area contributed by atoms with Gasteiger partial charge in [-0.3, -0.25) is 4.79 Å². The van der Waals surface area contributed by atoms with Crippen LogP contribution in [0.4, 0.5) is 0 Å². The van der Waals surface area contributed by atoms with Crippen LogP contribution in [0.3, 0.4) is 0 Å². The Labute approximate surface area is 146 Å². The van der Waals surface area contributed by atoms with Gasteiger partial charge in [-0.2, -0.15) is 0 Å². The minimum Gasteiger partial charge on any atom is -0.377 e. The predicted octanol–water partition coefficient (Wildman–Crippen LogP) is 4.95. The average molecular weight is 328 g/mol. The Morgan fingerprint density at radius 1 is 1.21 bits per heavy atom. The quantitative estimate of drug-likeness (QED) is 0.733. The first-order chi connectivity index (χ1) is 11.5. The molecule has 0 unspecified atom stereocenters. The Bertz CT molecular complexity index is 589. The van der Waals surface area contributed by atoms with Crippen LogP contribution in [-0.2, 0) is 9.53 Å². The van der Waals surface area contributed by atoms with E-state index < -0.39 is 0 Å². The van der Waals surface area contributed by atoms with Gasteiger partial charge in [0, 0.05) is 13.0 Å². The Hall–Kier alpha value is -0.890. The van der Waals surface area contributed by atoms with E-state index in [-0.39, 0.29) is 11.3 Å². The van der Waals surface area contributed by atoms with Crippen LogP contribution < -0.4 is 0 Å². The number of hydrogen-bond acceptors (Lipinski definition) is 2. The Morgan fingerprint density at radius 2 is 2.04 bits per heavy atom. The molecule has 0 bridgehead atoms. The third-order valence-electron chi connectivity index (χ3n) is 8.25. The second-order valence-corrected chi connectivity index (χ2v) is 9.19. The first-order valence-electron chi connectivity index (χ1n) is 9.91. The van der Waals surface area contributed by atoms with Gasteiger partial charge in [0.2, 0.25) is 0 Å². The summed E-state index contributed by atoms with van der Waals surface area (Å²) in [5, 5.41) is 0. The molecule has 0 saturated heterocycles. The minimum atomic E-state index is 0.188. The van der Waals surface area contributed by atoms with E-state index in [1.54, 1.807) is 12.7 Å². The standard InChI is InChI=1S/C22H32O2/c1-21-12-5-4-6-15(21)7-8-16-17-9-10-19(20(23)14-24-3)22(17,2)13-11-18(16)21/h6-8,16-19H,4-5,9-14H2,1-3H3/t16-,17-,18-,19+,21-,22-/m0/s1. The molecule has 0 heterocycles. The number of hydrogen-bond donors (Lipinski definition) is 0. The van der Waals surface area contributed by atoms with Gasteiger partial charge in [-0.05, 0) is 79.1 Å². The Balaban J connectivity index is 1.65. The van der Waals surface area contributed by atoms with Crippen LogP contribution >= 0.6 is 0 Å². The second kappa shape index (κ2) is 5.83. The maximum absolute atomic E-state index is 12.6. The lowest BCUT2D eigenvalue weighted by Gasteiger charge is -2.56. The van der Waals surface area contributed by atoms with E-state index in [0.717, 1.165) is 12.3 Å². The lowest BCUT2D eigenvalue weighted by Crippen LogP contribution is -2.49. The summed E-state index contributed by atoms with van der Waals surface area (Å²) < 4.78 is 5.16. The fourth-order valence-corrected chi connectivity index (χ4v) is 6.96. The minimum absolute atomic E-state index is 0.188. The molecule has 132 valence electrons. The average Bonchev–Trinajstić information content (AvgIpc) is 2.92. The molecule has 0 spiro atoms. The zero-order valence-corrected chi connectivity index (χ0v) is 15.5. The van der Waals surface area contributed by atoms with Crippen LogP contribution in [0, 0.1) is 34.5 Å². The molecule has 2 fully saturated rings. The number of methoxy groups -OCH3 is 1. The number of ether oxygens (including phenoxy) is 1. The molecule has 0 N–H and O–H groups in total. The number of Topliss-reactive ketones (excluding diaryl/α,β-unsaturated/α-hetero) is 1. The van der Waals surface area contributed by atoms with Crippen LogP contribution in [0.5, 0.6) is 0 Å². The number of ketones is 1. The molecule has 4 rings (SSSR count). The molecule has 0 aliphatic heterocycles. The summed E-state index contributed by atoms with van der Waals surface area (Å²) in [6.07, 6.45) is 16.2. The molecular formula is C22H32O2. The zero-order chi connectivity index (χ0) is 16.9. The zero-order valence-electron chi connectivity index (χ0n) is 15.5. The fraction of sp³-hybridized carbons (Fsp3) is 0.773. The van der Waals surface area contributed by atoms with Gasteiger partial charge in [-0.1, -0.05) is 32.1 Å². The maximum Gasteiger partial charge on any atom is 0.162 e. The molecule has 0 aromatic rings. The molecule has 4 aliphatic carbocycles. The highest BCUT2D eigenvalue weighted by atomic mass is 16.5. The van der Waals surface area contributed by atoms with E-state index in [1.165, 1.54) is 38.5 Å². The van der Waals surface area contributed by atoms with Crippen molar-refractivity contribution in [1.82, 2.24) is 0 Å². The summed E-state index contributed by atoms with van der Waals surface area (Å²) in [7, 11) is 1.64. The van der Waals surface area contributed by atoms with Crippen molar-refractivity contribution in [2.45, 2.75) is 58.8 Å². The van der Waals surface area contributed by atoms with Gasteiger partial charge in [-0.15, -0.1) is 0 Å². The largest absolute Gasteiger partial charge is 0.377 e. The summed E-state index contributed by atoms with van der Waals surface area (Å²) in [4.78, 5) is 12.6. The van der Waals surface area contributed by atoms with Gasteiger partial charge >= 0.3 is 0 Å². The molecule has 0 aromatic carbocycles. The fourth-order valence-electron chi connectivity index (χ4n) is 6.96. The monoisotopic (exact) mass is 328 g/mol. The van der Waals surface area contributed by atoms with Crippen molar-refractivity contribution in [2.24, 2.45) is 34.5 Å². The summed E-state index contributed by atoms with van der Waals surface area (Å²) in [5.41, 5.74) is 2.17. The molecule has 24 heavy (non-hydrogen) atoms. The van der Waals surface area contributed by atoms with Crippen molar-refractivity contribution in [3.05, 3.63) is 23.8 Å². The second-order valence-electron chi connectivity index (χ2n) is 9.19. The van der Waals surface area contributed by atoms with Gasteiger partial charge < -0.3 is 4.74 Å². The number of fused-ring (bicyclic) bond motifs is 5. The van der Waals surface area contributed by atoms with E-state index in [4.69, 9.17) is 4.74 Å². The summed E-state index contributed by atoms with van der Waals surface area (Å²) in [6, 6.07) is 0. The first kappa shape index (κ1) is 16.6. The Morgan fingerprint density at radius 3 is 2.83 bits per heavy atom.